The summed E-state index contributed by atoms with van der Waals surface area (Å²) in [5.74, 6) is 0.199. The second kappa shape index (κ2) is 8.49. The van der Waals surface area contributed by atoms with Crippen LogP contribution in [0.3, 0.4) is 0 Å². The summed E-state index contributed by atoms with van der Waals surface area (Å²) in [4.78, 5) is 29.2. The number of para-hydroxylation sites is 1. The Morgan fingerprint density at radius 2 is 2.04 bits per heavy atom. The van der Waals surface area contributed by atoms with E-state index in [4.69, 9.17) is 0 Å². The first kappa shape index (κ1) is 18.7. The Morgan fingerprint density at radius 3 is 2.67 bits per heavy atom. The number of piperidine rings is 1. The molecule has 1 aromatic rings. The Hall–Kier alpha value is -1.59. The highest BCUT2D eigenvalue weighted by atomic mass is 35.5. The molecule has 2 atom stereocenters. The molecule has 3 rings (SSSR count). The van der Waals surface area contributed by atoms with E-state index in [1.807, 2.05) is 37.3 Å². The lowest BCUT2D eigenvalue weighted by atomic mass is 9.97. The second-order valence-corrected chi connectivity index (χ2v) is 6.30. The molecule has 0 spiro atoms. The quantitative estimate of drug-likeness (QED) is 0.903. The van der Waals surface area contributed by atoms with Crippen LogP contribution in [-0.2, 0) is 9.59 Å². The van der Waals surface area contributed by atoms with Gasteiger partial charge in [0.05, 0.1) is 5.92 Å². The average molecular weight is 352 g/mol. The van der Waals surface area contributed by atoms with Crippen LogP contribution in [0.15, 0.2) is 30.3 Å². The topological polar surface area (TPSA) is 52.7 Å². The van der Waals surface area contributed by atoms with Crippen molar-refractivity contribution in [1.29, 1.82) is 0 Å². The first-order valence-electron chi connectivity index (χ1n) is 8.60. The highest BCUT2D eigenvalue weighted by Crippen LogP contribution is 2.26. The third kappa shape index (κ3) is 3.73. The third-order valence-electron chi connectivity index (χ3n) is 4.89. The lowest BCUT2D eigenvalue weighted by molar-refractivity contribution is -0.142. The predicted octanol–water partition coefficient (Wildman–Crippen LogP) is 2.06. The fourth-order valence-electron chi connectivity index (χ4n) is 3.65. The predicted molar refractivity (Wildman–Crippen MR) is 97.4 cm³/mol. The molecule has 1 N–H and O–H groups in total. The summed E-state index contributed by atoms with van der Waals surface area (Å²) >= 11 is 0. The number of anilines is 1. The van der Waals surface area contributed by atoms with Crippen LogP contribution in [0, 0.1) is 5.92 Å². The van der Waals surface area contributed by atoms with Crippen LogP contribution in [0.1, 0.15) is 26.2 Å². The van der Waals surface area contributed by atoms with E-state index in [-0.39, 0.29) is 36.2 Å². The van der Waals surface area contributed by atoms with Crippen molar-refractivity contribution in [1.82, 2.24) is 10.2 Å². The minimum absolute atomic E-state index is 0. The number of nitrogens with zero attached hydrogens (tertiary/aromatic N) is 2. The molecule has 0 radical (unpaired) electrons. The lowest BCUT2D eigenvalue weighted by Crippen LogP contribution is -2.50. The van der Waals surface area contributed by atoms with E-state index < -0.39 is 0 Å². The van der Waals surface area contributed by atoms with Crippen molar-refractivity contribution in [3.8, 4) is 0 Å². The number of hydrogen-bond donors (Lipinski definition) is 1. The van der Waals surface area contributed by atoms with E-state index in [1.165, 1.54) is 0 Å². The second-order valence-electron chi connectivity index (χ2n) is 6.30. The zero-order chi connectivity index (χ0) is 16.2. The van der Waals surface area contributed by atoms with Crippen LogP contribution in [0.2, 0.25) is 0 Å². The highest BCUT2D eigenvalue weighted by Gasteiger charge is 2.39. The first-order valence-corrected chi connectivity index (χ1v) is 8.60. The number of carbonyl (C=O) groups excluding carboxylic acids is 2. The first-order chi connectivity index (χ1) is 11.2. The SMILES string of the molecule is CCN(C(=O)C1CCCNC1)C1CCN(c2ccccc2)C1=O.Cl. The fourth-order valence-corrected chi connectivity index (χ4v) is 3.65. The van der Waals surface area contributed by atoms with Gasteiger partial charge in [-0.3, -0.25) is 9.59 Å². The molecule has 2 heterocycles. The highest BCUT2D eigenvalue weighted by molar-refractivity contribution is 6.01. The van der Waals surface area contributed by atoms with E-state index in [2.05, 4.69) is 5.32 Å². The molecule has 0 aliphatic carbocycles. The van der Waals surface area contributed by atoms with Crippen molar-refractivity contribution < 1.29 is 9.59 Å². The summed E-state index contributed by atoms with van der Waals surface area (Å²) in [6, 6.07) is 9.40. The molecule has 2 aliphatic heterocycles. The average Bonchev–Trinajstić information content (AvgIpc) is 2.99. The summed E-state index contributed by atoms with van der Waals surface area (Å²) in [7, 11) is 0. The molecular formula is C18H26ClN3O2. The smallest absolute Gasteiger partial charge is 0.249 e. The van der Waals surface area contributed by atoms with Gasteiger partial charge in [-0.05, 0) is 44.9 Å². The third-order valence-corrected chi connectivity index (χ3v) is 4.89. The summed E-state index contributed by atoms with van der Waals surface area (Å²) in [5.41, 5.74) is 0.919. The maximum absolute atomic E-state index is 12.8. The molecule has 0 aromatic heterocycles. The van der Waals surface area contributed by atoms with Gasteiger partial charge in [-0.2, -0.15) is 0 Å². The van der Waals surface area contributed by atoms with Gasteiger partial charge in [0.1, 0.15) is 6.04 Å². The summed E-state index contributed by atoms with van der Waals surface area (Å²) < 4.78 is 0. The zero-order valence-electron chi connectivity index (χ0n) is 14.1. The van der Waals surface area contributed by atoms with Gasteiger partial charge >= 0.3 is 0 Å². The van der Waals surface area contributed by atoms with Crippen molar-refractivity contribution in [2.45, 2.75) is 32.2 Å². The van der Waals surface area contributed by atoms with Crippen molar-refractivity contribution in [3.05, 3.63) is 30.3 Å². The van der Waals surface area contributed by atoms with Crippen LogP contribution in [0.5, 0.6) is 0 Å². The number of nitrogens with one attached hydrogen (secondary N) is 1. The Labute approximate surface area is 149 Å². The lowest BCUT2D eigenvalue weighted by Gasteiger charge is -2.32. The van der Waals surface area contributed by atoms with Crippen LogP contribution in [-0.4, -0.2) is 48.9 Å². The monoisotopic (exact) mass is 351 g/mol. The van der Waals surface area contributed by atoms with Crippen LogP contribution < -0.4 is 10.2 Å². The van der Waals surface area contributed by atoms with Crippen LogP contribution >= 0.6 is 12.4 Å². The number of carbonyl (C=O) groups is 2. The van der Waals surface area contributed by atoms with Crippen molar-refractivity contribution in [2.24, 2.45) is 5.92 Å². The number of benzene rings is 1. The minimum Gasteiger partial charge on any atom is -0.331 e. The molecule has 0 saturated carbocycles. The maximum Gasteiger partial charge on any atom is 0.249 e. The maximum atomic E-state index is 12.8. The van der Waals surface area contributed by atoms with Crippen LogP contribution in [0.4, 0.5) is 5.69 Å². The summed E-state index contributed by atoms with van der Waals surface area (Å²) in [5, 5.41) is 3.29. The Kier molecular flexibility index (Phi) is 6.63. The van der Waals surface area contributed by atoms with Crippen LogP contribution in [0.25, 0.3) is 0 Å². The molecule has 1 aromatic carbocycles. The number of likely N-dealkylation sites (N-methyl/N-ethyl adjacent to an activating group) is 1. The van der Waals surface area contributed by atoms with Crippen molar-refractivity contribution in [2.75, 3.05) is 31.1 Å². The summed E-state index contributed by atoms with van der Waals surface area (Å²) in [6.45, 7) is 4.96. The van der Waals surface area contributed by atoms with E-state index in [9.17, 15) is 9.59 Å². The zero-order valence-corrected chi connectivity index (χ0v) is 14.9. The van der Waals surface area contributed by atoms with Crippen molar-refractivity contribution in [3.63, 3.8) is 0 Å². The van der Waals surface area contributed by atoms with Gasteiger partial charge < -0.3 is 15.1 Å². The van der Waals surface area contributed by atoms with Gasteiger partial charge in [-0.1, -0.05) is 18.2 Å². The number of rotatable bonds is 4. The molecular weight excluding hydrogens is 326 g/mol. The minimum atomic E-state index is -0.311. The van der Waals surface area contributed by atoms with E-state index in [0.717, 1.165) is 31.6 Å². The Balaban J connectivity index is 0.00000208. The Morgan fingerprint density at radius 1 is 1.29 bits per heavy atom. The molecule has 5 nitrogen and oxygen atoms in total. The molecule has 6 heteroatoms. The number of amides is 2. The van der Waals surface area contributed by atoms with Crippen molar-refractivity contribution >= 4 is 29.9 Å². The molecule has 2 fully saturated rings. The molecule has 2 unspecified atom stereocenters. The molecule has 2 saturated heterocycles. The van der Waals surface area contributed by atoms with Gasteiger partial charge in [0.2, 0.25) is 11.8 Å². The Bertz CT molecular complexity index is 561. The van der Waals surface area contributed by atoms with Gasteiger partial charge in [0.25, 0.3) is 0 Å². The van der Waals surface area contributed by atoms with Gasteiger partial charge in [-0.25, -0.2) is 0 Å². The number of halogens is 1. The van der Waals surface area contributed by atoms with Gasteiger partial charge in [0.15, 0.2) is 0 Å². The van der Waals surface area contributed by atoms with E-state index >= 15 is 0 Å². The molecule has 24 heavy (non-hydrogen) atoms. The van der Waals surface area contributed by atoms with Gasteiger partial charge in [0, 0.05) is 25.3 Å². The molecule has 2 amide bonds. The normalized spacial score (nSPS) is 23.7. The van der Waals surface area contributed by atoms with E-state index in [0.29, 0.717) is 19.5 Å². The fraction of sp³-hybridized carbons (Fsp3) is 0.556. The molecule has 2 aliphatic rings. The standard InChI is InChI=1S/C18H25N3O2.ClH/c1-2-20(17(22)14-7-6-11-19-13-14)16-10-12-21(18(16)23)15-8-4-3-5-9-15;/h3-5,8-9,14,16,19H,2,6-7,10-13H2,1H3;1H. The largest absolute Gasteiger partial charge is 0.331 e. The molecule has 0 bridgehead atoms. The summed E-state index contributed by atoms with van der Waals surface area (Å²) in [6.07, 6.45) is 2.67. The number of hydrogen-bond acceptors (Lipinski definition) is 3. The molecule has 132 valence electrons. The van der Waals surface area contributed by atoms with Gasteiger partial charge in [-0.15, -0.1) is 12.4 Å². The van der Waals surface area contributed by atoms with E-state index in [1.54, 1.807) is 9.80 Å².